The Morgan fingerprint density at radius 1 is 0.667 bits per heavy atom. The normalized spacial score (nSPS) is 10.1. The maximum Gasteiger partial charge on any atom is 0.314 e. The van der Waals surface area contributed by atoms with E-state index in [-0.39, 0.29) is 0 Å². The lowest BCUT2D eigenvalue weighted by Crippen LogP contribution is -2.29. The van der Waals surface area contributed by atoms with Gasteiger partial charge in [0.05, 0.1) is 0 Å². The summed E-state index contributed by atoms with van der Waals surface area (Å²) in [4.78, 5) is 24.3. The van der Waals surface area contributed by atoms with Crippen LogP contribution in [0.5, 0.6) is 11.5 Å². The molecule has 0 heterocycles. The maximum absolute atomic E-state index is 12.2. The van der Waals surface area contributed by atoms with E-state index in [9.17, 15) is 9.59 Å². The van der Waals surface area contributed by atoms with Crippen molar-refractivity contribution in [3.8, 4) is 11.5 Å². The lowest BCUT2D eigenvalue weighted by atomic mass is 10.1. The number of carbonyl (C=O) groups is 2. The average Bonchev–Trinajstić information content (AvgIpc) is 2.67. The summed E-state index contributed by atoms with van der Waals surface area (Å²) in [5, 5.41) is 5.25. The minimum Gasteiger partial charge on any atom is -0.457 e. The molecule has 3 rings (SSSR count). The summed E-state index contributed by atoms with van der Waals surface area (Å²) >= 11 is 0. The van der Waals surface area contributed by atoms with Gasteiger partial charge in [0.1, 0.15) is 11.5 Å². The fourth-order valence-electron chi connectivity index (χ4n) is 2.60. The van der Waals surface area contributed by atoms with Crippen molar-refractivity contribution in [2.24, 2.45) is 0 Å². The third kappa shape index (κ3) is 4.73. The van der Waals surface area contributed by atoms with E-state index in [1.807, 2.05) is 62.4 Å². The van der Waals surface area contributed by atoms with Crippen LogP contribution in [0, 0.1) is 13.8 Å². The monoisotopic (exact) mass is 360 g/mol. The highest BCUT2D eigenvalue weighted by Crippen LogP contribution is 2.23. The summed E-state index contributed by atoms with van der Waals surface area (Å²) in [6.07, 6.45) is 0. The summed E-state index contributed by atoms with van der Waals surface area (Å²) in [7, 11) is 0. The van der Waals surface area contributed by atoms with Gasteiger partial charge in [0.15, 0.2) is 0 Å². The van der Waals surface area contributed by atoms with Crippen LogP contribution in [0.1, 0.15) is 11.1 Å². The summed E-state index contributed by atoms with van der Waals surface area (Å²) < 4.78 is 5.70. The summed E-state index contributed by atoms with van der Waals surface area (Å²) in [6, 6.07) is 21.9. The van der Waals surface area contributed by atoms with Gasteiger partial charge < -0.3 is 15.4 Å². The van der Waals surface area contributed by atoms with Crippen molar-refractivity contribution >= 4 is 23.2 Å². The van der Waals surface area contributed by atoms with E-state index in [4.69, 9.17) is 4.74 Å². The lowest BCUT2D eigenvalue weighted by Gasteiger charge is -2.11. The number of para-hydroxylation sites is 2. The number of ether oxygens (including phenoxy) is 1. The van der Waals surface area contributed by atoms with E-state index in [1.165, 1.54) is 0 Å². The topological polar surface area (TPSA) is 67.4 Å². The number of aryl methyl sites for hydroxylation is 2. The highest BCUT2D eigenvalue weighted by molar-refractivity contribution is 6.43. The summed E-state index contributed by atoms with van der Waals surface area (Å²) in [6.45, 7) is 3.76. The first-order valence-corrected chi connectivity index (χ1v) is 8.54. The van der Waals surface area contributed by atoms with Crippen molar-refractivity contribution in [2.75, 3.05) is 10.6 Å². The molecule has 0 saturated heterocycles. The Hall–Kier alpha value is -3.60. The standard InChI is InChI=1S/C22H20N2O3/c1-15-7-6-8-16(2)20(15)24-22(26)21(25)23-17-11-13-19(14-12-17)27-18-9-4-3-5-10-18/h3-14H,1-2H3,(H,23,25)(H,24,26). The fraction of sp³-hybridized carbons (Fsp3) is 0.0909. The Kier molecular flexibility index (Phi) is 5.52. The number of rotatable bonds is 4. The fourth-order valence-corrected chi connectivity index (χ4v) is 2.60. The first-order chi connectivity index (χ1) is 13.0. The Labute approximate surface area is 158 Å². The number of benzene rings is 3. The predicted molar refractivity (Wildman–Crippen MR) is 106 cm³/mol. The van der Waals surface area contributed by atoms with Gasteiger partial charge in [-0.05, 0) is 61.4 Å². The number of carbonyl (C=O) groups excluding carboxylic acids is 2. The minimum atomic E-state index is -0.727. The van der Waals surface area contributed by atoms with E-state index in [0.29, 0.717) is 17.1 Å². The van der Waals surface area contributed by atoms with Gasteiger partial charge in [0.2, 0.25) is 0 Å². The van der Waals surface area contributed by atoms with Gasteiger partial charge in [-0.15, -0.1) is 0 Å². The molecule has 0 aliphatic rings. The van der Waals surface area contributed by atoms with Gasteiger partial charge >= 0.3 is 11.8 Å². The van der Waals surface area contributed by atoms with E-state index in [0.717, 1.165) is 16.9 Å². The molecule has 0 fully saturated rings. The first kappa shape index (κ1) is 18.2. The average molecular weight is 360 g/mol. The van der Waals surface area contributed by atoms with Crippen LogP contribution in [0.3, 0.4) is 0 Å². The van der Waals surface area contributed by atoms with Crippen LogP contribution >= 0.6 is 0 Å². The van der Waals surface area contributed by atoms with Crippen LogP contribution < -0.4 is 15.4 Å². The van der Waals surface area contributed by atoms with Crippen molar-refractivity contribution in [2.45, 2.75) is 13.8 Å². The van der Waals surface area contributed by atoms with Gasteiger partial charge in [0, 0.05) is 11.4 Å². The molecule has 2 amide bonds. The van der Waals surface area contributed by atoms with Crippen molar-refractivity contribution in [3.63, 3.8) is 0 Å². The number of hydrogen-bond acceptors (Lipinski definition) is 3. The number of hydrogen-bond donors (Lipinski definition) is 2. The second-order valence-corrected chi connectivity index (χ2v) is 6.11. The van der Waals surface area contributed by atoms with Gasteiger partial charge in [-0.3, -0.25) is 9.59 Å². The second-order valence-electron chi connectivity index (χ2n) is 6.11. The molecule has 0 aliphatic carbocycles. The van der Waals surface area contributed by atoms with E-state index in [2.05, 4.69) is 10.6 Å². The molecule has 0 unspecified atom stereocenters. The molecule has 5 heteroatoms. The zero-order valence-electron chi connectivity index (χ0n) is 15.2. The van der Waals surface area contributed by atoms with Crippen LogP contribution in [-0.2, 0) is 9.59 Å². The molecular weight excluding hydrogens is 340 g/mol. The van der Waals surface area contributed by atoms with Crippen LogP contribution in [0.15, 0.2) is 72.8 Å². The number of amides is 2. The van der Waals surface area contributed by atoms with Crippen LogP contribution in [0.25, 0.3) is 0 Å². The Morgan fingerprint density at radius 3 is 1.85 bits per heavy atom. The molecule has 2 N–H and O–H groups in total. The molecule has 5 nitrogen and oxygen atoms in total. The van der Waals surface area contributed by atoms with Crippen molar-refractivity contribution < 1.29 is 14.3 Å². The molecule has 0 bridgehead atoms. The smallest absolute Gasteiger partial charge is 0.314 e. The molecule has 0 aliphatic heterocycles. The summed E-state index contributed by atoms with van der Waals surface area (Å²) in [5.41, 5.74) is 2.97. The minimum absolute atomic E-state index is 0.511. The molecule has 136 valence electrons. The van der Waals surface area contributed by atoms with E-state index in [1.54, 1.807) is 24.3 Å². The third-order valence-electron chi connectivity index (χ3n) is 4.02. The molecule has 27 heavy (non-hydrogen) atoms. The molecule has 3 aromatic carbocycles. The van der Waals surface area contributed by atoms with Crippen molar-refractivity contribution in [3.05, 3.63) is 83.9 Å². The molecule has 0 spiro atoms. The van der Waals surface area contributed by atoms with Crippen LogP contribution in [-0.4, -0.2) is 11.8 Å². The van der Waals surface area contributed by atoms with Crippen LogP contribution in [0.4, 0.5) is 11.4 Å². The zero-order valence-corrected chi connectivity index (χ0v) is 15.2. The molecule has 3 aromatic rings. The number of anilines is 2. The summed E-state index contributed by atoms with van der Waals surface area (Å²) in [5.74, 6) is -0.0761. The second kappa shape index (κ2) is 8.19. The molecule has 0 aromatic heterocycles. The molecule has 0 radical (unpaired) electrons. The Morgan fingerprint density at radius 2 is 1.22 bits per heavy atom. The quantitative estimate of drug-likeness (QED) is 0.664. The molecule has 0 atom stereocenters. The van der Waals surface area contributed by atoms with Gasteiger partial charge in [-0.2, -0.15) is 0 Å². The van der Waals surface area contributed by atoms with Gasteiger partial charge in [0.25, 0.3) is 0 Å². The predicted octanol–water partition coefficient (Wildman–Crippen LogP) is 4.67. The van der Waals surface area contributed by atoms with Crippen molar-refractivity contribution in [1.29, 1.82) is 0 Å². The SMILES string of the molecule is Cc1cccc(C)c1NC(=O)C(=O)Nc1ccc(Oc2ccccc2)cc1. The number of nitrogens with one attached hydrogen (secondary N) is 2. The van der Waals surface area contributed by atoms with E-state index < -0.39 is 11.8 Å². The highest BCUT2D eigenvalue weighted by Gasteiger charge is 2.16. The zero-order chi connectivity index (χ0) is 19.2. The maximum atomic E-state index is 12.2. The van der Waals surface area contributed by atoms with Crippen LogP contribution in [0.2, 0.25) is 0 Å². The van der Waals surface area contributed by atoms with Gasteiger partial charge in [-0.1, -0.05) is 36.4 Å². The third-order valence-corrected chi connectivity index (χ3v) is 4.02. The van der Waals surface area contributed by atoms with Gasteiger partial charge in [-0.25, -0.2) is 0 Å². The van der Waals surface area contributed by atoms with E-state index >= 15 is 0 Å². The largest absolute Gasteiger partial charge is 0.457 e. The Bertz CT molecular complexity index is 931. The highest BCUT2D eigenvalue weighted by atomic mass is 16.5. The lowest BCUT2D eigenvalue weighted by molar-refractivity contribution is -0.133. The molecular formula is C22H20N2O3. The van der Waals surface area contributed by atoms with Crippen molar-refractivity contribution in [1.82, 2.24) is 0 Å². The molecule has 0 saturated carbocycles. The Balaban J connectivity index is 1.61. The first-order valence-electron chi connectivity index (χ1n) is 8.54.